The first-order valence-electron chi connectivity index (χ1n) is 7.30. The number of anilines is 1. The summed E-state index contributed by atoms with van der Waals surface area (Å²) in [5.74, 6) is 0. The summed E-state index contributed by atoms with van der Waals surface area (Å²) >= 11 is 0. The maximum absolute atomic E-state index is 11.9. The Morgan fingerprint density at radius 1 is 1.22 bits per heavy atom. The summed E-state index contributed by atoms with van der Waals surface area (Å²) in [5, 5.41) is 5.69. The normalized spacial score (nSPS) is 11.9. The van der Waals surface area contributed by atoms with Crippen molar-refractivity contribution in [2.24, 2.45) is 0 Å². The predicted octanol–water partition coefficient (Wildman–Crippen LogP) is 1.84. The molecule has 0 radical (unpaired) electrons. The van der Waals surface area contributed by atoms with Gasteiger partial charge in [-0.05, 0) is 52.4 Å². The minimum absolute atomic E-state index is 0.227. The number of amides is 1. The summed E-state index contributed by atoms with van der Waals surface area (Å²) in [6.07, 6.45) is -0.485. The summed E-state index contributed by atoms with van der Waals surface area (Å²) in [5.41, 5.74) is 0.789. The van der Waals surface area contributed by atoms with Crippen LogP contribution >= 0.6 is 0 Å². The fraction of sp³-hybridized carbons (Fsp3) is 0.533. The second-order valence-electron chi connectivity index (χ2n) is 6.04. The van der Waals surface area contributed by atoms with E-state index in [1.807, 2.05) is 0 Å². The first kappa shape index (κ1) is 19.2. The van der Waals surface area contributed by atoms with Crippen molar-refractivity contribution in [2.75, 3.05) is 25.5 Å². The highest BCUT2D eigenvalue weighted by Gasteiger charge is 2.16. The molecule has 1 rings (SSSR count). The molecule has 8 heteroatoms. The topological polar surface area (TPSA) is 96.5 Å². The molecule has 3 N–H and O–H groups in total. The second-order valence-corrected chi connectivity index (χ2v) is 7.90. The summed E-state index contributed by atoms with van der Waals surface area (Å²) in [6.45, 7) is 7.92. The van der Waals surface area contributed by atoms with Gasteiger partial charge in [-0.1, -0.05) is 6.07 Å². The van der Waals surface area contributed by atoms with Crippen LogP contribution in [0.2, 0.25) is 0 Å². The molecule has 130 valence electrons. The summed E-state index contributed by atoms with van der Waals surface area (Å²) in [6, 6.07) is 5.08. The highest BCUT2D eigenvalue weighted by molar-refractivity contribution is 7.89. The van der Waals surface area contributed by atoms with E-state index in [-0.39, 0.29) is 4.90 Å². The molecule has 0 aliphatic carbocycles. The van der Waals surface area contributed by atoms with Crippen molar-refractivity contribution >= 4 is 21.8 Å². The quantitative estimate of drug-likeness (QED) is 0.685. The van der Waals surface area contributed by atoms with Gasteiger partial charge < -0.3 is 15.4 Å². The maximum atomic E-state index is 11.9. The van der Waals surface area contributed by atoms with Gasteiger partial charge in [0.05, 0.1) is 4.90 Å². The number of rotatable bonds is 6. The lowest BCUT2D eigenvalue weighted by atomic mass is 10.2. The molecule has 0 spiro atoms. The fourth-order valence-electron chi connectivity index (χ4n) is 1.80. The summed E-state index contributed by atoms with van der Waals surface area (Å²) in [7, 11) is -2.12. The molecule has 1 aromatic carbocycles. The van der Waals surface area contributed by atoms with Gasteiger partial charge in [0, 0.05) is 18.8 Å². The van der Waals surface area contributed by atoms with E-state index in [2.05, 4.69) is 15.4 Å². The van der Waals surface area contributed by atoms with E-state index in [9.17, 15) is 13.2 Å². The number of nitrogens with one attached hydrogen (secondary N) is 3. The molecule has 23 heavy (non-hydrogen) atoms. The molecule has 1 aromatic rings. The van der Waals surface area contributed by atoms with Crippen molar-refractivity contribution in [3.8, 4) is 0 Å². The Morgan fingerprint density at radius 3 is 2.43 bits per heavy atom. The Bertz CT molecular complexity index is 651. The van der Waals surface area contributed by atoms with Crippen LogP contribution in [0, 0.1) is 6.92 Å². The lowest BCUT2D eigenvalue weighted by molar-refractivity contribution is 0.0530. The van der Waals surface area contributed by atoms with Crippen LogP contribution in [0.25, 0.3) is 0 Å². The third-order valence-electron chi connectivity index (χ3n) is 2.87. The van der Waals surface area contributed by atoms with E-state index >= 15 is 0 Å². The molecule has 0 fully saturated rings. The third kappa shape index (κ3) is 6.45. The van der Waals surface area contributed by atoms with Gasteiger partial charge in [-0.3, -0.25) is 0 Å². The number of benzene rings is 1. The van der Waals surface area contributed by atoms with Crippen LogP contribution in [0.5, 0.6) is 0 Å². The lowest BCUT2D eigenvalue weighted by Gasteiger charge is -2.19. The zero-order valence-electron chi connectivity index (χ0n) is 14.2. The number of sulfonamides is 1. The molecule has 7 nitrogen and oxygen atoms in total. The van der Waals surface area contributed by atoms with E-state index in [4.69, 9.17) is 4.74 Å². The van der Waals surface area contributed by atoms with Crippen molar-refractivity contribution in [1.82, 2.24) is 10.0 Å². The van der Waals surface area contributed by atoms with Crippen LogP contribution in [0.3, 0.4) is 0 Å². The second kappa shape index (κ2) is 7.65. The minimum Gasteiger partial charge on any atom is -0.444 e. The average molecular weight is 343 g/mol. The molecule has 0 saturated heterocycles. The predicted molar refractivity (Wildman–Crippen MR) is 90.2 cm³/mol. The van der Waals surface area contributed by atoms with Gasteiger partial charge in [-0.25, -0.2) is 17.9 Å². The fourth-order valence-corrected chi connectivity index (χ4v) is 2.79. The molecule has 0 atom stereocenters. The van der Waals surface area contributed by atoms with Crippen LogP contribution < -0.4 is 15.4 Å². The molecule has 0 aromatic heterocycles. The van der Waals surface area contributed by atoms with Gasteiger partial charge in [0.2, 0.25) is 10.0 Å². The smallest absolute Gasteiger partial charge is 0.407 e. The Morgan fingerprint density at radius 2 is 1.87 bits per heavy atom. The van der Waals surface area contributed by atoms with Gasteiger partial charge >= 0.3 is 6.09 Å². The number of ether oxygens (including phenoxy) is 1. The molecule has 1 amide bonds. The lowest BCUT2D eigenvalue weighted by Crippen LogP contribution is -2.35. The van der Waals surface area contributed by atoms with Crippen LogP contribution in [0.4, 0.5) is 10.5 Å². The molecule has 0 unspecified atom stereocenters. The van der Waals surface area contributed by atoms with E-state index in [1.54, 1.807) is 45.9 Å². The van der Waals surface area contributed by atoms with Crippen molar-refractivity contribution in [1.29, 1.82) is 0 Å². The zero-order chi connectivity index (χ0) is 17.7. The number of aryl methyl sites for hydroxylation is 1. The average Bonchev–Trinajstić information content (AvgIpc) is 2.43. The minimum atomic E-state index is -3.50. The van der Waals surface area contributed by atoms with E-state index in [0.717, 1.165) is 0 Å². The number of hydrogen-bond donors (Lipinski definition) is 3. The highest BCUT2D eigenvalue weighted by atomic mass is 32.2. The molecular formula is C15H25N3O4S. The zero-order valence-corrected chi connectivity index (χ0v) is 15.0. The summed E-state index contributed by atoms with van der Waals surface area (Å²) in [4.78, 5) is 11.7. The maximum Gasteiger partial charge on any atom is 0.407 e. The Kier molecular flexibility index (Phi) is 6.40. The molecule has 0 aliphatic heterocycles. The first-order valence-corrected chi connectivity index (χ1v) is 8.78. The van der Waals surface area contributed by atoms with Crippen molar-refractivity contribution in [3.05, 3.63) is 23.8 Å². The van der Waals surface area contributed by atoms with Crippen molar-refractivity contribution in [2.45, 2.75) is 38.2 Å². The van der Waals surface area contributed by atoms with Crippen LogP contribution in [0.1, 0.15) is 26.3 Å². The molecule has 0 saturated carbocycles. The van der Waals surface area contributed by atoms with Crippen LogP contribution in [0.15, 0.2) is 23.1 Å². The van der Waals surface area contributed by atoms with E-state index in [0.29, 0.717) is 24.3 Å². The van der Waals surface area contributed by atoms with Gasteiger partial charge in [-0.2, -0.15) is 0 Å². The van der Waals surface area contributed by atoms with E-state index in [1.165, 1.54) is 7.05 Å². The Labute approximate surface area is 137 Å². The first-order chi connectivity index (χ1) is 10.5. The van der Waals surface area contributed by atoms with Gasteiger partial charge in [0.25, 0.3) is 0 Å². The third-order valence-corrected chi connectivity index (χ3v) is 4.43. The number of carbonyl (C=O) groups excluding carboxylic acids is 1. The monoisotopic (exact) mass is 343 g/mol. The Hall–Kier alpha value is -1.80. The molecule has 0 heterocycles. The van der Waals surface area contributed by atoms with Gasteiger partial charge in [0.1, 0.15) is 5.60 Å². The number of carbonyl (C=O) groups is 1. The van der Waals surface area contributed by atoms with Gasteiger partial charge in [0.15, 0.2) is 0 Å². The largest absolute Gasteiger partial charge is 0.444 e. The van der Waals surface area contributed by atoms with Crippen LogP contribution in [-0.2, 0) is 14.8 Å². The van der Waals surface area contributed by atoms with Crippen LogP contribution in [-0.4, -0.2) is 40.2 Å². The SMILES string of the molecule is CNS(=O)(=O)c1cc(NCCNC(=O)OC(C)(C)C)ccc1C. The summed E-state index contributed by atoms with van der Waals surface area (Å²) < 4.78 is 31.2. The molecule has 0 aliphatic rings. The molecule has 0 bridgehead atoms. The number of hydrogen-bond acceptors (Lipinski definition) is 5. The van der Waals surface area contributed by atoms with Crippen molar-refractivity contribution < 1.29 is 17.9 Å². The highest BCUT2D eigenvalue weighted by Crippen LogP contribution is 2.19. The van der Waals surface area contributed by atoms with Gasteiger partial charge in [-0.15, -0.1) is 0 Å². The molecular weight excluding hydrogens is 318 g/mol. The Balaban J connectivity index is 2.57. The van der Waals surface area contributed by atoms with Crippen molar-refractivity contribution in [3.63, 3.8) is 0 Å². The van der Waals surface area contributed by atoms with E-state index < -0.39 is 21.7 Å². The standard InChI is InChI=1S/C15H25N3O4S/c1-11-6-7-12(10-13(11)23(20,21)16-5)17-8-9-18-14(19)22-15(2,3)4/h6-7,10,16-17H,8-9H2,1-5H3,(H,18,19). The number of alkyl carbamates (subject to hydrolysis) is 1.